The van der Waals surface area contributed by atoms with E-state index in [4.69, 9.17) is 9.84 Å². The van der Waals surface area contributed by atoms with E-state index in [2.05, 4.69) is 17.1 Å². The van der Waals surface area contributed by atoms with Gasteiger partial charge in [0.2, 0.25) is 0 Å². The highest BCUT2D eigenvalue weighted by molar-refractivity contribution is 5.72. The van der Waals surface area contributed by atoms with E-state index in [1.165, 1.54) is 20.0 Å². The molecule has 0 aromatic carbocycles. The minimum atomic E-state index is -0.108. The number of rotatable bonds is 6. The highest BCUT2D eigenvalue weighted by Gasteiger charge is 2.38. The van der Waals surface area contributed by atoms with Gasteiger partial charge in [0.05, 0.1) is 19.6 Å². The van der Waals surface area contributed by atoms with Crippen LogP contribution in [0.1, 0.15) is 26.2 Å². The molecule has 2 N–H and O–H groups in total. The maximum absolute atomic E-state index is 11.8. The van der Waals surface area contributed by atoms with Crippen LogP contribution in [0.15, 0.2) is 0 Å². The molecule has 1 heterocycles. The van der Waals surface area contributed by atoms with E-state index in [0.717, 1.165) is 25.4 Å². The summed E-state index contributed by atoms with van der Waals surface area (Å²) in [6.45, 7) is 4.76. The topological polar surface area (TPSA) is 61.8 Å². The predicted molar refractivity (Wildman–Crippen MR) is 72.8 cm³/mol. The fraction of sp³-hybridized carbons (Fsp3) is 0.929. The minimum absolute atomic E-state index is 0.0452. The summed E-state index contributed by atoms with van der Waals surface area (Å²) in [6.07, 6.45) is 3.44. The van der Waals surface area contributed by atoms with E-state index in [-0.39, 0.29) is 24.5 Å². The molecule has 2 fully saturated rings. The maximum Gasteiger partial charge on any atom is 0.310 e. The van der Waals surface area contributed by atoms with Gasteiger partial charge in [-0.2, -0.15) is 0 Å². The summed E-state index contributed by atoms with van der Waals surface area (Å²) in [5.41, 5.74) is 0. The summed E-state index contributed by atoms with van der Waals surface area (Å²) in [5, 5.41) is 12.2. The molecule has 110 valence electrons. The molecule has 19 heavy (non-hydrogen) atoms. The van der Waals surface area contributed by atoms with Gasteiger partial charge in [-0.3, -0.25) is 9.69 Å². The first kappa shape index (κ1) is 14.8. The zero-order valence-corrected chi connectivity index (χ0v) is 12.0. The van der Waals surface area contributed by atoms with Gasteiger partial charge in [0, 0.05) is 31.7 Å². The van der Waals surface area contributed by atoms with Crippen molar-refractivity contribution in [3.63, 3.8) is 0 Å². The number of nitrogens with zero attached hydrogens (tertiary/aromatic N) is 1. The van der Waals surface area contributed by atoms with Crippen molar-refractivity contribution in [2.75, 3.05) is 33.4 Å². The lowest BCUT2D eigenvalue weighted by Crippen LogP contribution is -2.54. The smallest absolute Gasteiger partial charge is 0.310 e. The van der Waals surface area contributed by atoms with Gasteiger partial charge in [-0.05, 0) is 32.1 Å². The van der Waals surface area contributed by atoms with Gasteiger partial charge in [0.1, 0.15) is 0 Å². The number of ether oxygens (including phenoxy) is 1. The lowest BCUT2D eigenvalue weighted by molar-refractivity contribution is -0.148. The van der Waals surface area contributed by atoms with Gasteiger partial charge < -0.3 is 15.2 Å². The number of carbonyl (C=O) groups excluding carboxylic acids is 1. The second kappa shape index (κ2) is 6.68. The summed E-state index contributed by atoms with van der Waals surface area (Å²) in [6, 6.07) is 0.817. The Morgan fingerprint density at radius 3 is 2.79 bits per heavy atom. The number of hydrogen-bond acceptors (Lipinski definition) is 5. The molecule has 5 nitrogen and oxygen atoms in total. The highest BCUT2D eigenvalue weighted by Crippen LogP contribution is 2.36. The molecule has 1 aliphatic carbocycles. The summed E-state index contributed by atoms with van der Waals surface area (Å²) in [4.78, 5) is 14.2. The number of nitrogens with one attached hydrogen (secondary N) is 1. The molecule has 2 rings (SSSR count). The Balaban J connectivity index is 1.96. The number of aliphatic hydroxyl groups is 1. The molecule has 0 radical (unpaired) electrons. The monoisotopic (exact) mass is 270 g/mol. The van der Waals surface area contributed by atoms with Gasteiger partial charge in [-0.15, -0.1) is 0 Å². The number of aliphatic hydroxyl groups excluding tert-OH is 1. The second-order valence-electron chi connectivity index (χ2n) is 5.86. The molecule has 3 unspecified atom stereocenters. The van der Waals surface area contributed by atoms with Gasteiger partial charge in [0.15, 0.2) is 0 Å². The molecule has 1 saturated carbocycles. The third-order valence-corrected chi connectivity index (χ3v) is 4.44. The van der Waals surface area contributed by atoms with Crippen molar-refractivity contribution >= 4 is 5.97 Å². The van der Waals surface area contributed by atoms with E-state index >= 15 is 0 Å². The third kappa shape index (κ3) is 3.91. The first-order chi connectivity index (χ1) is 9.15. The van der Waals surface area contributed by atoms with Crippen LogP contribution in [0.3, 0.4) is 0 Å². The van der Waals surface area contributed by atoms with Crippen molar-refractivity contribution < 1.29 is 14.6 Å². The van der Waals surface area contributed by atoms with Gasteiger partial charge >= 0.3 is 5.97 Å². The number of piperidine rings is 1. The summed E-state index contributed by atoms with van der Waals surface area (Å²) in [7, 11) is 1.46. The van der Waals surface area contributed by atoms with Crippen molar-refractivity contribution in [3.8, 4) is 0 Å². The number of hydrogen-bond donors (Lipinski definition) is 2. The number of esters is 1. The molecule has 1 saturated heterocycles. The summed E-state index contributed by atoms with van der Waals surface area (Å²) >= 11 is 0. The molecule has 3 atom stereocenters. The zero-order chi connectivity index (χ0) is 13.8. The van der Waals surface area contributed by atoms with Crippen LogP contribution in [0, 0.1) is 11.8 Å². The van der Waals surface area contributed by atoms with E-state index in [0.29, 0.717) is 12.6 Å². The molecule has 2 aliphatic rings. The fourth-order valence-corrected chi connectivity index (χ4v) is 3.10. The summed E-state index contributed by atoms with van der Waals surface area (Å²) < 4.78 is 4.90. The number of likely N-dealkylation sites (tertiary alicyclic amines) is 1. The van der Waals surface area contributed by atoms with E-state index in [1.54, 1.807) is 0 Å². The average molecular weight is 270 g/mol. The Labute approximate surface area is 115 Å². The Kier molecular flexibility index (Phi) is 5.19. The van der Waals surface area contributed by atoms with Gasteiger partial charge in [0.25, 0.3) is 0 Å². The van der Waals surface area contributed by atoms with Crippen LogP contribution in [0.25, 0.3) is 0 Å². The second-order valence-corrected chi connectivity index (χ2v) is 5.86. The van der Waals surface area contributed by atoms with Gasteiger partial charge in [-0.1, -0.05) is 0 Å². The largest absolute Gasteiger partial charge is 0.469 e. The van der Waals surface area contributed by atoms with E-state index < -0.39 is 0 Å². The average Bonchev–Trinajstić information content (AvgIpc) is 3.27. The van der Waals surface area contributed by atoms with E-state index in [1.807, 2.05) is 0 Å². The van der Waals surface area contributed by atoms with Crippen molar-refractivity contribution in [1.29, 1.82) is 0 Å². The van der Waals surface area contributed by atoms with Crippen LogP contribution < -0.4 is 5.32 Å². The third-order valence-electron chi connectivity index (χ3n) is 4.44. The lowest BCUT2D eigenvalue weighted by Gasteiger charge is -2.40. The zero-order valence-electron chi connectivity index (χ0n) is 12.0. The Morgan fingerprint density at radius 1 is 1.47 bits per heavy atom. The van der Waals surface area contributed by atoms with Crippen LogP contribution in [-0.2, 0) is 9.53 Å². The Morgan fingerprint density at radius 2 is 2.21 bits per heavy atom. The van der Waals surface area contributed by atoms with Crippen molar-refractivity contribution in [2.24, 2.45) is 11.8 Å². The van der Waals surface area contributed by atoms with Crippen LogP contribution >= 0.6 is 0 Å². The van der Waals surface area contributed by atoms with Crippen molar-refractivity contribution in [1.82, 2.24) is 10.2 Å². The predicted octanol–water partition coefficient (Wildman–Crippen LogP) is 0.230. The normalized spacial score (nSPS) is 30.1. The van der Waals surface area contributed by atoms with Crippen LogP contribution in [0.4, 0.5) is 0 Å². The molecular formula is C14H26N2O3. The quantitative estimate of drug-likeness (QED) is 0.677. The first-order valence-corrected chi connectivity index (χ1v) is 7.31. The molecule has 5 heteroatoms. The molecule has 0 amide bonds. The van der Waals surface area contributed by atoms with E-state index in [9.17, 15) is 4.79 Å². The maximum atomic E-state index is 11.8. The molecule has 0 aromatic rings. The number of carbonyl (C=O) groups is 1. The molecular weight excluding hydrogens is 244 g/mol. The molecule has 1 aliphatic heterocycles. The fourth-order valence-electron chi connectivity index (χ4n) is 3.10. The number of methoxy groups -OCH3 is 1. The molecule has 0 spiro atoms. The lowest BCUT2D eigenvalue weighted by atomic mass is 9.92. The van der Waals surface area contributed by atoms with Gasteiger partial charge in [-0.25, -0.2) is 0 Å². The highest BCUT2D eigenvalue weighted by atomic mass is 16.5. The van der Waals surface area contributed by atoms with Crippen LogP contribution in [0.2, 0.25) is 0 Å². The van der Waals surface area contributed by atoms with Crippen molar-refractivity contribution in [2.45, 2.75) is 38.3 Å². The standard InChI is InChI=1S/C14H26N2O3/c1-10(11-3-4-11)16-8-12(14(18)19-2)7-13(9-16)15-5-6-17/h10-13,15,17H,3-9H2,1-2H3. The SMILES string of the molecule is COC(=O)C1CC(NCCO)CN(C(C)C2CC2)C1. The minimum Gasteiger partial charge on any atom is -0.469 e. The summed E-state index contributed by atoms with van der Waals surface area (Å²) in [5.74, 6) is 0.648. The Hall–Kier alpha value is -0.650. The Bertz CT molecular complexity index is 307. The van der Waals surface area contributed by atoms with Crippen LogP contribution in [0.5, 0.6) is 0 Å². The first-order valence-electron chi connectivity index (χ1n) is 7.31. The molecule has 0 aromatic heterocycles. The van der Waals surface area contributed by atoms with Crippen LogP contribution in [-0.4, -0.2) is 61.4 Å². The van der Waals surface area contributed by atoms with Crippen molar-refractivity contribution in [3.05, 3.63) is 0 Å². The molecule has 0 bridgehead atoms.